The average molecular weight is 296 g/mol. The van der Waals surface area contributed by atoms with E-state index < -0.39 is 23.3 Å². The Morgan fingerprint density at radius 2 is 2.10 bits per heavy atom. The molecule has 0 fully saturated rings. The summed E-state index contributed by atoms with van der Waals surface area (Å²) >= 11 is 0. The van der Waals surface area contributed by atoms with Gasteiger partial charge in [0, 0.05) is 19.7 Å². The molecule has 0 atom stereocenters. The van der Waals surface area contributed by atoms with Gasteiger partial charge in [0.05, 0.1) is 11.5 Å². The second-order valence-corrected chi connectivity index (χ2v) is 4.39. The summed E-state index contributed by atoms with van der Waals surface area (Å²) in [6, 6.07) is 4.13. The van der Waals surface area contributed by atoms with Gasteiger partial charge in [-0.2, -0.15) is 0 Å². The van der Waals surface area contributed by atoms with Gasteiger partial charge in [-0.25, -0.2) is 0 Å². The van der Waals surface area contributed by atoms with Crippen LogP contribution in [-0.4, -0.2) is 53.6 Å². The van der Waals surface area contributed by atoms with Crippen molar-refractivity contribution in [3.8, 4) is 0 Å². The highest BCUT2D eigenvalue weighted by Gasteiger charge is 2.25. The first-order chi connectivity index (χ1) is 9.86. The highest BCUT2D eigenvalue weighted by Crippen LogP contribution is 2.21. The maximum atomic E-state index is 12.4. The van der Waals surface area contributed by atoms with Crippen molar-refractivity contribution in [2.75, 3.05) is 26.8 Å². The first-order valence-corrected chi connectivity index (χ1v) is 6.12. The molecule has 0 bridgehead atoms. The predicted octanol–water partition coefficient (Wildman–Crippen LogP) is 1.08. The molecule has 0 spiro atoms. The fraction of sp³-hybridized carbons (Fsp3) is 0.385. The molecule has 21 heavy (non-hydrogen) atoms. The zero-order chi connectivity index (χ0) is 16.0. The van der Waals surface area contributed by atoms with Crippen LogP contribution in [0.2, 0.25) is 0 Å². The summed E-state index contributed by atoms with van der Waals surface area (Å²) in [7, 11) is 1.42. The fourth-order valence-electron chi connectivity index (χ4n) is 1.77. The molecule has 0 aliphatic rings. The third-order valence-electron chi connectivity index (χ3n) is 2.76. The Balaban J connectivity index is 3.15. The topological polar surface area (TPSA) is 110 Å². The van der Waals surface area contributed by atoms with Gasteiger partial charge in [-0.15, -0.1) is 0 Å². The minimum Gasteiger partial charge on any atom is -0.480 e. The van der Waals surface area contributed by atoms with Crippen LogP contribution in [0.15, 0.2) is 18.2 Å². The van der Waals surface area contributed by atoms with Gasteiger partial charge in [0.1, 0.15) is 12.1 Å². The van der Waals surface area contributed by atoms with Crippen LogP contribution in [0.1, 0.15) is 15.9 Å². The van der Waals surface area contributed by atoms with E-state index in [0.29, 0.717) is 5.56 Å². The number of rotatable bonds is 7. The number of carbonyl (C=O) groups is 2. The number of benzene rings is 1. The molecule has 0 heterocycles. The number of aliphatic carboxylic acids is 1. The molecule has 114 valence electrons. The molecule has 0 saturated heterocycles. The number of carbonyl (C=O) groups excluding carboxylic acids is 1. The lowest BCUT2D eigenvalue weighted by Gasteiger charge is -2.20. The number of aryl methyl sites for hydroxylation is 1. The van der Waals surface area contributed by atoms with Crippen molar-refractivity contribution in [1.29, 1.82) is 0 Å². The van der Waals surface area contributed by atoms with Crippen molar-refractivity contribution < 1.29 is 24.4 Å². The van der Waals surface area contributed by atoms with Gasteiger partial charge in [0.2, 0.25) is 0 Å². The third-order valence-corrected chi connectivity index (χ3v) is 2.76. The molecule has 1 aromatic carbocycles. The second kappa shape index (κ2) is 7.34. The van der Waals surface area contributed by atoms with E-state index in [4.69, 9.17) is 9.84 Å². The van der Waals surface area contributed by atoms with Crippen molar-refractivity contribution in [3.63, 3.8) is 0 Å². The van der Waals surface area contributed by atoms with Gasteiger partial charge >= 0.3 is 5.97 Å². The van der Waals surface area contributed by atoms with E-state index in [9.17, 15) is 19.7 Å². The average Bonchev–Trinajstić information content (AvgIpc) is 2.41. The summed E-state index contributed by atoms with van der Waals surface area (Å²) < 4.78 is 4.82. The van der Waals surface area contributed by atoms with E-state index in [1.807, 2.05) is 0 Å². The Hall–Kier alpha value is -2.48. The summed E-state index contributed by atoms with van der Waals surface area (Å²) in [5, 5.41) is 19.8. The Bertz CT molecular complexity index is 558. The van der Waals surface area contributed by atoms with E-state index >= 15 is 0 Å². The van der Waals surface area contributed by atoms with E-state index in [1.165, 1.54) is 25.3 Å². The third kappa shape index (κ3) is 4.53. The summed E-state index contributed by atoms with van der Waals surface area (Å²) in [6.07, 6.45) is 0. The number of hydrogen-bond acceptors (Lipinski definition) is 5. The monoisotopic (exact) mass is 296 g/mol. The largest absolute Gasteiger partial charge is 0.480 e. The smallest absolute Gasteiger partial charge is 0.323 e. The predicted molar refractivity (Wildman–Crippen MR) is 73.2 cm³/mol. The van der Waals surface area contributed by atoms with Crippen molar-refractivity contribution >= 4 is 17.6 Å². The van der Waals surface area contributed by atoms with Gasteiger partial charge in [0.25, 0.3) is 11.6 Å². The second-order valence-electron chi connectivity index (χ2n) is 4.39. The van der Waals surface area contributed by atoms with Crippen LogP contribution in [0.5, 0.6) is 0 Å². The standard InChI is InChI=1S/C13H16N2O6/c1-9-3-4-11(15(19)20)10(7-9)13(18)14(5-6-21-2)8-12(16)17/h3-4,7H,5-6,8H2,1-2H3,(H,16,17). The Morgan fingerprint density at radius 1 is 1.43 bits per heavy atom. The molecule has 1 rings (SSSR count). The number of carboxylic acids is 1. The number of ether oxygens (including phenoxy) is 1. The molecule has 8 nitrogen and oxygen atoms in total. The maximum absolute atomic E-state index is 12.4. The summed E-state index contributed by atoms with van der Waals surface area (Å²) in [5.41, 5.74) is 0.196. The molecule has 0 radical (unpaired) electrons. The van der Waals surface area contributed by atoms with Crippen LogP contribution in [0.25, 0.3) is 0 Å². The van der Waals surface area contributed by atoms with Crippen LogP contribution in [0, 0.1) is 17.0 Å². The summed E-state index contributed by atoms with van der Waals surface area (Å²) in [4.78, 5) is 34.5. The number of nitro groups is 1. The normalized spacial score (nSPS) is 10.2. The lowest BCUT2D eigenvalue weighted by molar-refractivity contribution is -0.385. The first-order valence-electron chi connectivity index (χ1n) is 6.12. The Kier molecular flexibility index (Phi) is 5.79. The quantitative estimate of drug-likeness (QED) is 0.595. The highest BCUT2D eigenvalue weighted by atomic mass is 16.6. The molecule has 0 aliphatic heterocycles. The minimum atomic E-state index is -1.20. The molecule has 1 amide bonds. The molecular weight excluding hydrogens is 280 g/mol. The lowest BCUT2D eigenvalue weighted by atomic mass is 10.1. The van der Waals surface area contributed by atoms with Crippen LogP contribution in [0.3, 0.4) is 0 Å². The number of nitro benzene ring substituents is 1. The first kappa shape index (κ1) is 16.6. The van der Waals surface area contributed by atoms with Crippen LogP contribution in [-0.2, 0) is 9.53 Å². The number of hydrogen-bond donors (Lipinski definition) is 1. The molecule has 8 heteroatoms. The molecule has 0 unspecified atom stereocenters. The number of methoxy groups -OCH3 is 1. The number of nitrogens with zero attached hydrogens (tertiary/aromatic N) is 2. The molecule has 0 saturated carbocycles. The number of carboxylic acid groups (broad SMARTS) is 1. The van der Waals surface area contributed by atoms with Gasteiger partial charge < -0.3 is 14.7 Å². The summed E-state index contributed by atoms with van der Waals surface area (Å²) in [5.74, 6) is -1.90. The fourth-order valence-corrected chi connectivity index (χ4v) is 1.77. The highest BCUT2D eigenvalue weighted by molar-refractivity contribution is 5.99. The van der Waals surface area contributed by atoms with Crippen LogP contribution < -0.4 is 0 Å². The SMILES string of the molecule is COCCN(CC(=O)O)C(=O)c1cc(C)ccc1[N+](=O)[O-]. The van der Waals surface area contributed by atoms with E-state index in [2.05, 4.69) is 0 Å². The van der Waals surface area contributed by atoms with E-state index in [1.54, 1.807) is 6.92 Å². The van der Waals surface area contributed by atoms with Crippen LogP contribution >= 0.6 is 0 Å². The van der Waals surface area contributed by atoms with Gasteiger partial charge in [0.15, 0.2) is 0 Å². The summed E-state index contributed by atoms with van der Waals surface area (Å²) in [6.45, 7) is 1.32. The van der Waals surface area contributed by atoms with E-state index in [-0.39, 0.29) is 24.4 Å². The van der Waals surface area contributed by atoms with Gasteiger partial charge in [-0.05, 0) is 18.6 Å². The molecular formula is C13H16N2O6. The zero-order valence-electron chi connectivity index (χ0n) is 11.7. The van der Waals surface area contributed by atoms with Crippen molar-refractivity contribution in [1.82, 2.24) is 4.90 Å². The van der Waals surface area contributed by atoms with Gasteiger partial charge in [-0.1, -0.05) is 6.07 Å². The maximum Gasteiger partial charge on any atom is 0.323 e. The minimum absolute atomic E-state index is 0.0345. The lowest BCUT2D eigenvalue weighted by Crippen LogP contribution is -2.38. The molecule has 0 aromatic heterocycles. The molecule has 1 N–H and O–H groups in total. The van der Waals surface area contributed by atoms with Crippen molar-refractivity contribution in [2.45, 2.75) is 6.92 Å². The Labute approximate surface area is 121 Å². The van der Waals surface area contributed by atoms with Crippen molar-refractivity contribution in [3.05, 3.63) is 39.4 Å². The number of amides is 1. The molecule has 0 aliphatic carbocycles. The van der Waals surface area contributed by atoms with Gasteiger partial charge in [-0.3, -0.25) is 19.7 Å². The van der Waals surface area contributed by atoms with E-state index in [0.717, 1.165) is 4.90 Å². The van der Waals surface area contributed by atoms with Crippen LogP contribution in [0.4, 0.5) is 5.69 Å². The Morgan fingerprint density at radius 3 is 2.62 bits per heavy atom. The molecule has 1 aromatic rings. The van der Waals surface area contributed by atoms with Crippen molar-refractivity contribution in [2.24, 2.45) is 0 Å². The zero-order valence-corrected chi connectivity index (χ0v) is 11.7.